The molecule has 2 N–H and O–H groups in total. The predicted octanol–water partition coefficient (Wildman–Crippen LogP) is 0.826. The quantitative estimate of drug-likeness (QED) is 0.357. The molecule has 0 radical (unpaired) electrons. The van der Waals surface area contributed by atoms with Crippen molar-refractivity contribution >= 4 is 17.0 Å². The highest BCUT2D eigenvalue weighted by molar-refractivity contribution is 7.11. The minimum absolute atomic E-state index is 0.782. The minimum Gasteiger partial charge on any atom is -0.323 e. The van der Waals surface area contributed by atoms with Gasteiger partial charge in [0.05, 0.1) is 5.71 Å². The molecule has 1 aromatic rings. The summed E-state index contributed by atoms with van der Waals surface area (Å²) in [6.07, 6.45) is 1.73. The number of hydrazone groups is 1. The molecule has 4 heteroatoms. The van der Waals surface area contributed by atoms with Gasteiger partial charge in [-0.25, -0.2) is 4.98 Å². The van der Waals surface area contributed by atoms with E-state index in [2.05, 4.69) is 10.1 Å². The minimum atomic E-state index is 0.782. The molecule has 3 nitrogen and oxygen atoms in total. The number of hydrogen-bond acceptors (Lipinski definition) is 4. The van der Waals surface area contributed by atoms with E-state index >= 15 is 0 Å². The smallest absolute Gasteiger partial charge is 0.139 e. The summed E-state index contributed by atoms with van der Waals surface area (Å²) in [4.78, 5) is 3.99. The first-order valence-electron chi connectivity index (χ1n) is 2.49. The third-order valence-electron chi connectivity index (χ3n) is 0.935. The largest absolute Gasteiger partial charge is 0.323 e. The molecule has 0 bridgehead atoms. The van der Waals surface area contributed by atoms with Gasteiger partial charge in [-0.05, 0) is 6.92 Å². The Kier molecular flexibility index (Phi) is 1.79. The summed E-state index contributed by atoms with van der Waals surface area (Å²) in [6.45, 7) is 1.83. The Bertz CT molecular complexity index is 202. The molecule has 0 unspecified atom stereocenters. The average molecular weight is 141 g/mol. The van der Waals surface area contributed by atoms with Crippen molar-refractivity contribution in [3.05, 3.63) is 16.6 Å². The Balaban J connectivity index is 2.90. The van der Waals surface area contributed by atoms with E-state index in [1.54, 1.807) is 6.20 Å². The second-order valence-electron chi connectivity index (χ2n) is 1.55. The second-order valence-corrected chi connectivity index (χ2v) is 2.45. The maximum Gasteiger partial charge on any atom is 0.139 e. The van der Waals surface area contributed by atoms with Gasteiger partial charge in [0.25, 0.3) is 0 Å². The van der Waals surface area contributed by atoms with E-state index in [1.807, 2.05) is 12.3 Å². The molecule has 0 aliphatic heterocycles. The molecule has 1 heterocycles. The molecule has 0 aliphatic carbocycles. The Morgan fingerprint density at radius 1 is 1.89 bits per heavy atom. The van der Waals surface area contributed by atoms with Crippen molar-refractivity contribution in [2.24, 2.45) is 10.9 Å². The van der Waals surface area contributed by atoms with Crippen LogP contribution in [0.15, 0.2) is 16.7 Å². The van der Waals surface area contributed by atoms with Crippen molar-refractivity contribution in [2.75, 3.05) is 0 Å². The molecule has 0 spiro atoms. The molecule has 48 valence electrons. The zero-order valence-corrected chi connectivity index (χ0v) is 5.85. The first-order chi connectivity index (χ1) is 4.34. The van der Waals surface area contributed by atoms with E-state index < -0.39 is 0 Å². The number of rotatable bonds is 1. The van der Waals surface area contributed by atoms with Crippen LogP contribution in [0.25, 0.3) is 0 Å². The molecule has 0 saturated heterocycles. The summed E-state index contributed by atoms with van der Waals surface area (Å²) in [7, 11) is 0. The standard InChI is InChI=1S/C5H7N3S/c1-4(8-6)5-7-2-3-9-5/h2-3H,6H2,1H3. The molecule has 1 rings (SSSR count). The van der Waals surface area contributed by atoms with Crippen LogP contribution in [0.3, 0.4) is 0 Å². The average Bonchev–Trinajstić information content (AvgIpc) is 2.37. The lowest BCUT2D eigenvalue weighted by atomic mass is 10.5. The lowest BCUT2D eigenvalue weighted by Gasteiger charge is -1.86. The van der Waals surface area contributed by atoms with Crippen LogP contribution in [0.1, 0.15) is 11.9 Å². The Labute approximate surface area is 57.2 Å². The van der Waals surface area contributed by atoms with Gasteiger partial charge in [-0.3, -0.25) is 0 Å². The van der Waals surface area contributed by atoms with E-state index in [0.717, 1.165) is 10.7 Å². The maximum atomic E-state index is 5.02. The highest BCUT2D eigenvalue weighted by Crippen LogP contribution is 2.03. The molecule has 0 aromatic carbocycles. The Hall–Kier alpha value is -0.900. The van der Waals surface area contributed by atoms with Crippen molar-refractivity contribution in [1.29, 1.82) is 0 Å². The van der Waals surface area contributed by atoms with Gasteiger partial charge in [0.2, 0.25) is 0 Å². The van der Waals surface area contributed by atoms with Gasteiger partial charge >= 0.3 is 0 Å². The third kappa shape index (κ3) is 1.26. The van der Waals surface area contributed by atoms with E-state index in [4.69, 9.17) is 5.84 Å². The molecule has 0 aliphatic rings. The number of hydrogen-bond donors (Lipinski definition) is 1. The van der Waals surface area contributed by atoms with Crippen LogP contribution in [0.2, 0.25) is 0 Å². The number of aromatic nitrogens is 1. The predicted molar refractivity (Wildman–Crippen MR) is 38.5 cm³/mol. The topological polar surface area (TPSA) is 51.3 Å². The maximum absolute atomic E-state index is 5.02. The normalized spacial score (nSPS) is 11.9. The van der Waals surface area contributed by atoms with Crippen LogP contribution in [0.4, 0.5) is 0 Å². The highest BCUT2D eigenvalue weighted by atomic mass is 32.1. The summed E-state index contributed by atoms with van der Waals surface area (Å²) >= 11 is 1.53. The fourth-order valence-electron chi connectivity index (χ4n) is 0.457. The first kappa shape index (κ1) is 6.22. The van der Waals surface area contributed by atoms with Crippen LogP contribution >= 0.6 is 11.3 Å². The Morgan fingerprint density at radius 2 is 2.67 bits per heavy atom. The van der Waals surface area contributed by atoms with Crippen molar-refractivity contribution in [3.8, 4) is 0 Å². The monoisotopic (exact) mass is 141 g/mol. The summed E-state index contributed by atoms with van der Waals surface area (Å²) in [5.41, 5.74) is 0.782. The van der Waals surface area contributed by atoms with Crippen molar-refractivity contribution in [1.82, 2.24) is 4.98 Å². The fraction of sp³-hybridized carbons (Fsp3) is 0.200. The van der Waals surface area contributed by atoms with E-state index in [0.29, 0.717) is 0 Å². The molecular formula is C5H7N3S. The van der Waals surface area contributed by atoms with Gasteiger partial charge in [-0.15, -0.1) is 11.3 Å². The van der Waals surface area contributed by atoms with Crippen LogP contribution in [0, 0.1) is 0 Å². The van der Waals surface area contributed by atoms with Gasteiger partial charge in [0, 0.05) is 11.6 Å². The molecule has 0 amide bonds. The zero-order chi connectivity index (χ0) is 6.69. The van der Waals surface area contributed by atoms with Gasteiger partial charge in [-0.2, -0.15) is 5.10 Å². The van der Waals surface area contributed by atoms with Gasteiger partial charge in [-0.1, -0.05) is 0 Å². The van der Waals surface area contributed by atoms with Crippen LogP contribution in [-0.4, -0.2) is 10.7 Å². The second kappa shape index (κ2) is 2.59. The van der Waals surface area contributed by atoms with E-state index in [9.17, 15) is 0 Å². The van der Waals surface area contributed by atoms with Crippen LogP contribution < -0.4 is 5.84 Å². The lowest BCUT2D eigenvalue weighted by Crippen LogP contribution is -1.96. The van der Waals surface area contributed by atoms with Gasteiger partial charge < -0.3 is 5.84 Å². The van der Waals surface area contributed by atoms with E-state index in [-0.39, 0.29) is 0 Å². The summed E-state index contributed by atoms with van der Waals surface area (Å²) in [5.74, 6) is 5.02. The van der Waals surface area contributed by atoms with Crippen molar-refractivity contribution in [3.63, 3.8) is 0 Å². The number of nitrogens with two attached hydrogens (primary N) is 1. The summed E-state index contributed by atoms with van der Waals surface area (Å²) < 4.78 is 0. The van der Waals surface area contributed by atoms with Crippen molar-refractivity contribution < 1.29 is 0 Å². The lowest BCUT2D eigenvalue weighted by molar-refractivity contribution is 1.23. The fourth-order valence-corrected chi connectivity index (χ4v) is 1.05. The summed E-state index contributed by atoms with van der Waals surface area (Å²) in [5, 5.41) is 6.27. The molecule has 0 atom stereocenters. The SMILES string of the molecule is CC(=NN)c1nccs1. The summed E-state index contributed by atoms with van der Waals surface area (Å²) in [6, 6.07) is 0. The third-order valence-corrected chi connectivity index (χ3v) is 1.82. The van der Waals surface area contributed by atoms with E-state index in [1.165, 1.54) is 11.3 Å². The molecule has 0 fully saturated rings. The van der Waals surface area contributed by atoms with Crippen LogP contribution in [-0.2, 0) is 0 Å². The molecular weight excluding hydrogens is 134 g/mol. The Morgan fingerprint density at radius 3 is 3.11 bits per heavy atom. The highest BCUT2D eigenvalue weighted by Gasteiger charge is 1.96. The number of nitrogens with zero attached hydrogens (tertiary/aromatic N) is 2. The first-order valence-corrected chi connectivity index (χ1v) is 3.37. The van der Waals surface area contributed by atoms with Gasteiger partial charge in [0.1, 0.15) is 5.01 Å². The molecule has 9 heavy (non-hydrogen) atoms. The number of thiazole rings is 1. The van der Waals surface area contributed by atoms with Gasteiger partial charge in [0.15, 0.2) is 0 Å². The molecule has 1 aromatic heterocycles. The van der Waals surface area contributed by atoms with Crippen molar-refractivity contribution in [2.45, 2.75) is 6.92 Å². The zero-order valence-electron chi connectivity index (χ0n) is 5.03. The molecule has 0 saturated carbocycles. The van der Waals surface area contributed by atoms with Crippen LogP contribution in [0.5, 0.6) is 0 Å².